The lowest BCUT2D eigenvalue weighted by Crippen LogP contribution is -2.47. The highest BCUT2D eigenvalue weighted by molar-refractivity contribution is 14.0. The van der Waals surface area contributed by atoms with E-state index >= 15 is 0 Å². The maximum atomic E-state index is 12.0. The van der Waals surface area contributed by atoms with Crippen molar-refractivity contribution in [3.8, 4) is 0 Å². The normalized spacial score (nSPS) is 20.6. The van der Waals surface area contributed by atoms with Crippen LogP contribution >= 0.6 is 24.0 Å². The zero-order chi connectivity index (χ0) is 19.2. The standard InChI is InChI=1S/C21H32N4O2.HI/c1-16-6-4-5-7-19(16)17-8-11-25(15-17)21(22-14-20(26)24(2)3)23-18-9-12-27-13-10-18;/h4-7,17-18H,8-15H2,1-3H3,(H,22,23);1H. The van der Waals surface area contributed by atoms with Crippen LogP contribution in [0.1, 0.15) is 36.3 Å². The van der Waals surface area contributed by atoms with E-state index in [4.69, 9.17) is 4.74 Å². The Morgan fingerprint density at radius 1 is 1.25 bits per heavy atom. The number of ether oxygens (including phenoxy) is 1. The van der Waals surface area contributed by atoms with Crippen molar-refractivity contribution in [2.75, 3.05) is 46.9 Å². The van der Waals surface area contributed by atoms with Gasteiger partial charge in [0.25, 0.3) is 0 Å². The number of hydrogen-bond acceptors (Lipinski definition) is 3. The second-order valence-corrected chi connectivity index (χ2v) is 7.75. The highest BCUT2D eigenvalue weighted by atomic mass is 127. The van der Waals surface area contributed by atoms with Gasteiger partial charge < -0.3 is 19.9 Å². The van der Waals surface area contributed by atoms with Gasteiger partial charge in [-0.3, -0.25) is 4.79 Å². The minimum Gasteiger partial charge on any atom is -0.381 e. The Labute approximate surface area is 185 Å². The number of nitrogens with zero attached hydrogens (tertiary/aromatic N) is 3. The van der Waals surface area contributed by atoms with Crippen LogP contribution in [0.5, 0.6) is 0 Å². The molecule has 0 bridgehead atoms. The number of rotatable bonds is 4. The monoisotopic (exact) mass is 500 g/mol. The van der Waals surface area contributed by atoms with Gasteiger partial charge in [0.15, 0.2) is 5.96 Å². The van der Waals surface area contributed by atoms with Gasteiger partial charge in [-0.05, 0) is 37.3 Å². The number of carbonyl (C=O) groups is 1. The molecule has 1 N–H and O–H groups in total. The van der Waals surface area contributed by atoms with Crippen molar-refractivity contribution in [2.24, 2.45) is 4.99 Å². The van der Waals surface area contributed by atoms with Gasteiger partial charge in [0.05, 0.1) is 0 Å². The molecule has 156 valence electrons. The molecule has 2 aliphatic rings. The maximum Gasteiger partial charge on any atom is 0.243 e. The summed E-state index contributed by atoms with van der Waals surface area (Å²) < 4.78 is 5.47. The fraction of sp³-hybridized carbons (Fsp3) is 0.619. The molecular weight excluding hydrogens is 467 g/mol. The summed E-state index contributed by atoms with van der Waals surface area (Å²) in [5.74, 6) is 1.40. The van der Waals surface area contributed by atoms with Gasteiger partial charge in [-0.15, -0.1) is 24.0 Å². The van der Waals surface area contributed by atoms with E-state index in [9.17, 15) is 4.79 Å². The molecule has 2 fully saturated rings. The van der Waals surface area contributed by atoms with Gasteiger partial charge in [-0.2, -0.15) is 0 Å². The highest BCUT2D eigenvalue weighted by Crippen LogP contribution is 2.29. The number of likely N-dealkylation sites (tertiary alicyclic amines) is 1. The van der Waals surface area contributed by atoms with Gasteiger partial charge >= 0.3 is 0 Å². The summed E-state index contributed by atoms with van der Waals surface area (Å²) in [6.45, 7) is 5.84. The summed E-state index contributed by atoms with van der Waals surface area (Å²) in [4.78, 5) is 20.6. The van der Waals surface area contributed by atoms with Crippen molar-refractivity contribution < 1.29 is 9.53 Å². The molecular formula is C21H33IN4O2. The van der Waals surface area contributed by atoms with Crippen LogP contribution in [0.25, 0.3) is 0 Å². The first-order valence-corrected chi connectivity index (χ1v) is 9.94. The van der Waals surface area contributed by atoms with Crippen LogP contribution in [0.4, 0.5) is 0 Å². The number of guanidine groups is 1. The van der Waals surface area contributed by atoms with Crippen LogP contribution in [0, 0.1) is 6.92 Å². The molecule has 0 radical (unpaired) electrons. The van der Waals surface area contributed by atoms with E-state index in [1.54, 1.807) is 19.0 Å². The Morgan fingerprint density at radius 3 is 2.64 bits per heavy atom. The van der Waals surface area contributed by atoms with Crippen LogP contribution in [0.2, 0.25) is 0 Å². The summed E-state index contributed by atoms with van der Waals surface area (Å²) in [6, 6.07) is 9.00. The highest BCUT2D eigenvalue weighted by Gasteiger charge is 2.28. The van der Waals surface area contributed by atoms with E-state index < -0.39 is 0 Å². The van der Waals surface area contributed by atoms with Crippen molar-refractivity contribution in [2.45, 2.75) is 38.1 Å². The van der Waals surface area contributed by atoms with Gasteiger partial charge in [0, 0.05) is 52.4 Å². The number of hydrogen-bond donors (Lipinski definition) is 1. The molecule has 1 unspecified atom stereocenters. The van der Waals surface area contributed by atoms with E-state index in [0.29, 0.717) is 12.0 Å². The van der Waals surface area contributed by atoms with Crippen molar-refractivity contribution in [3.05, 3.63) is 35.4 Å². The molecule has 1 aromatic rings. The molecule has 7 heteroatoms. The average molecular weight is 500 g/mol. The second kappa shape index (κ2) is 11.0. The van der Waals surface area contributed by atoms with Crippen LogP contribution in [-0.2, 0) is 9.53 Å². The number of aryl methyl sites for hydroxylation is 1. The largest absolute Gasteiger partial charge is 0.381 e. The molecule has 1 atom stereocenters. The number of amides is 1. The fourth-order valence-electron chi connectivity index (χ4n) is 3.80. The Bertz CT molecular complexity index is 674. The Kier molecular flexibility index (Phi) is 9.01. The summed E-state index contributed by atoms with van der Waals surface area (Å²) in [6.07, 6.45) is 3.08. The minimum absolute atomic E-state index is 0. The molecule has 28 heavy (non-hydrogen) atoms. The molecule has 1 aromatic carbocycles. The van der Waals surface area contributed by atoms with Crippen LogP contribution in [-0.4, -0.2) is 74.7 Å². The Morgan fingerprint density at radius 2 is 1.96 bits per heavy atom. The molecule has 0 saturated carbocycles. The maximum absolute atomic E-state index is 12.0. The number of benzene rings is 1. The number of likely N-dealkylation sites (N-methyl/N-ethyl adjacent to an activating group) is 1. The lowest BCUT2D eigenvalue weighted by atomic mass is 9.94. The first kappa shape index (κ1) is 22.9. The van der Waals surface area contributed by atoms with E-state index in [-0.39, 0.29) is 36.4 Å². The average Bonchev–Trinajstić information content (AvgIpc) is 3.15. The first-order valence-electron chi connectivity index (χ1n) is 9.94. The summed E-state index contributed by atoms with van der Waals surface area (Å²) in [5, 5.41) is 3.60. The van der Waals surface area contributed by atoms with Gasteiger partial charge in [0.2, 0.25) is 5.91 Å². The topological polar surface area (TPSA) is 57.2 Å². The van der Waals surface area contributed by atoms with Crippen LogP contribution in [0.3, 0.4) is 0 Å². The van der Waals surface area contributed by atoms with E-state index in [1.807, 2.05) is 0 Å². The summed E-state index contributed by atoms with van der Waals surface area (Å²) in [7, 11) is 3.54. The number of aliphatic imine (C=N–C) groups is 1. The van der Waals surface area contributed by atoms with E-state index in [0.717, 1.165) is 51.5 Å². The predicted octanol–water partition coefficient (Wildman–Crippen LogP) is 2.62. The molecule has 3 rings (SSSR count). The van der Waals surface area contributed by atoms with Crippen molar-refractivity contribution in [1.29, 1.82) is 0 Å². The molecule has 0 aromatic heterocycles. The Balaban J connectivity index is 0.00000280. The lowest BCUT2D eigenvalue weighted by Gasteiger charge is -2.29. The molecule has 2 saturated heterocycles. The van der Waals surface area contributed by atoms with Gasteiger partial charge in [-0.25, -0.2) is 4.99 Å². The fourth-order valence-corrected chi connectivity index (χ4v) is 3.80. The summed E-state index contributed by atoms with van der Waals surface area (Å²) in [5.41, 5.74) is 2.78. The second-order valence-electron chi connectivity index (χ2n) is 7.75. The van der Waals surface area contributed by atoms with E-state index in [2.05, 4.69) is 46.4 Å². The molecule has 2 aliphatic heterocycles. The zero-order valence-corrected chi connectivity index (χ0v) is 19.5. The summed E-state index contributed by atoms with van der Waals surface area (Å²) >= 11 is 0. The van der Waals surface area contributed by atoms with Crippen LogP contribution in [0.15, 0.2) is 29.3 Å². The smallest absolute Gasteiger partial charge is 0.243 e. The van der Waals surface area contributed by atoms with Crippen molar-refractivity contribution in [3.63, 3.8) is 0 Å². The lowest BCUT2D eigenvalue weighted by molar-refractivity contribution is -0.127. The Hall–Kier alpha value is -1.35. The third-order valence-corrected chi connectivity index (χ3v) is 5.53. The minimum atomic E-state index is 0. The van der Waals surface area contributed by atoms with Crippen LogP contribution < -0.4 is 5.32 Å². The quantitative estimate of drug-likeness (QED) is 0.393. The van der Waals surface area contributed by atoms with Crippen molar-refractivity contribution in [1.82, 2.24) is 15.1 Å². The molecule has 6 nitrogen and oxygen atoms in total. The SMILES string of the molecule is Cc1ccccc1C1CCN(C(=NCC(=O)N(C)C)NC2CCOCC2)C1.I. The van der Waals surface area contributed by atoms with Gasteiger partial charge in [-0.1, -0.05) is 24.3 Å². The van der Waals surface area contributed by atoms with Crippen molar-refractivity contribution >= 4 is 35.8 Å². The number of carbonyl (C=O) groups excluding carboxylic acids is 1. The predicted molar refractivity (Wildman–Crippen MR) is 123 cm³/mol. The molecule has 0 aliphatic carbocycles. The third-order valence-electron chi connectivity index (χ3n) is 5.53. The van der Waals surface area contributed by atoms with Gasteiger partial charge in [0.1, 0.15) is 6.54 Å². The van der Waals surface area contributed by atoms with E-state index in [1.165, 1.54) is 11.1 Å². The molecule has 1 amide bonds. The number of halogens is 1. The number of nitrogens with one attached hydrogen (secondary N) is 1. The first-order chi connectivity index (χ1) is 13.0. The third kappa shape index (κ3) is 6.07. The molecule has 0 spiro atoms. The zero-order valence-electron chi connectivity index (χ0n) is 17.2. The molecule has 2 heterocycles.